The highest BCUT2D eigenvalue weighted by Gasteiger charge is 2.20. The summed E-state index contributed by atoms with van der Waals surface area (Å²) in [6, 6.07) is 5.52. The summed E-state index contributed by atoms with van der Waals surface area (Å²) in [6.45, 7) is 0. The lowest BCUT2D eigenvalue weighted by molar-refractivity contribution is 0.0697. The second kappa shape index (κ2) is 3.69. The molecular weight excluding hydrogens is 241 g/mol. The van der Waals surface area contributed by atoms with E-state index in [0.717, 1.165) is 6.20 Å². The van der Waals surface area contributed by atoms with Gasteiger partial charge in [-0.3, -0.25) is 0 Å². The Labute approximate surface area is 99.4 Å². The van der Waals surface area contributed by atoms with Gasteiger partial charge < -0.3 is 14.0 Å². The molecule has 6 heteroatoms. The Bertz CT molecular complexity index is 743. The van der Waals surface area contributed by atoms with Gasteiger partial charge in [0.2, 0.25) is 5.76 Å². The van der Waals surface area contributed by atoms with E-state index in [2.05, 4.69) is 5.16 Å². The van der Waals surface area contributed by atoms with Gasteiger partial charge in [0.15, 0.2) is 5.76 Å². The molecule has 0 radical (unpaired) electrons. The van der Waals surface area contributed by atoms with Crippen LogP contribution in [-0.2, 0) is 0 Å². The third-order valence-corrected chi connectivity index (χ3v) is 2.50. The Morgan fingerprint density at radius 1 is 1.33 bits per heavy atom. The van der Waals surface area contributed by atoms with Crippen molar-refractivity contribution in [1.29, 1.82) is 0 Å². The summed E-state index contributed by atoms with van der Waals surface area (Å²) in [4.78, 5) is 10.9. The molecule has 0 atom stereocenters. The van der Waals surface area contributed by atoms with E-state index in [-0.39, 0.29) is 17.1 Å². The molecule has 2 aromatic heterocycles. The molecule has 0 saturated carbocycles. The topological polar surface area (TPSA) is 76.5 Å². The molecule has 3 aromatic rings. The van der Waals surface area contributed by atoms with Gasteiger partial charge in [0.25, 0.3) is 0 Å². The van der Waals surface area contributed by atoms with Gasteiger partial charge in [-0.1, -0.05) is 5.16 Å². The highest BCUT2D eigenvalue weighted by atomic mass is 19.1. The molecule has 0 aliphatic heterocycles. The zero-order valence-corrected chi connectivity index (χ0v) is 8.88. The summed E-state index contributed by atoms with van der Waals surface area (Å²) in [5.74, 6) is -1.35. The molecule has 90 valence electrons. The molecule has 0 saturated heterocycles. The van der Waals surface area contributed by atoms with Crippen LogP contribution in [0.1, 0.15) is 10.4 Å². The standard InChI is InChI=1S/C12H6FNO4/c13-7-1-2-9-6(3-7)4-10(17-9)11-8(12(15)16)5-14-18-11/h1-5H,(H,15,16). The van der Waals surface area contributed by atoms with E-state index >= 15 is 0 Å². The lowest BCUT2D eigenvalue weighted by Gasteiger charge is -1.90. The van der Waals surface area contributed by atoms with Gasteiger partial charge in [-0.2, -0.15) is 0 Å². The number of aromatic carboxylic acids is 1. The first-order valence-electron chi connectivity index (χ1n) is 5.02. The molecule has 1 N–H and O–H groups in total. The number of aromatic nitrogens is 1. The smallest absolute Gasteiger partial charge is 0.341 e. The van der Waals surface area contributed by atoms with Crippen LogP contribution < -0.4 is 0 Å². The van der Waals surface area contributed by atoms with Crippen molar-refractivity contribution in [2.24, 2.45) is 0 Å². The molecule has 3 rings (SSSR count). The number of rotatable bonds is 2. The van der Waals surface area contributed by atoms with E-state index in [1.54, 1.807) is 0 Å². The molecule has 1 aromatic carbocycles. The molecule has 5 nitrogen and oxygen atoms in total. The molecule has 18 heavy (non-hydrogen) atoms. The van der Waals surface area contributed by atoms with Crippen molar-refractivity contribution in [1.82, 2.24) is 5.16 Å². The third-order valence-electron chi connectivity index (χ3n) is 2.50. The first-order valence-corrected chi connectivity index (χ1v) is 5.02. The minimum absolute atomic E-state index is 0.0131. The Balaban J connectivity index is 2.19. The molecule has 0 aliphatic carbocycles. The van der Waals surface area contributed by atoms with Gasteiger partial charge in [0, 0.05) is 5.39 Å². The lowest BCUT2D eigenvalue weighted by atomic mass is 10.2. The number of carboxylic acid groups (broad SMARTS) is 1. The molecular formula is C12H6FNO4. The minimum atomic E-state index is -1.17. The van der Waals surface area contributed by atoms with Gasteiger partial charge in [0.05, 0.1) is 6.20 Å². The molecule has 2 heterocycles. The zero-order valence-electron chi connectivity index (χ0n) is 8.88. The van der Waals surface area contributed by atoms with Gasteiger partial charge >= 0.3 is 5.97 Å². The summed E-state index contributed by atoms with van der Waals surface area (Å²) in [6.07, 6.45) is 1.09. The number of carboxylic acids is 1. The van der Waals surface area contributed by atoms with Crippen LogP contribution in [0.15, 0.2) is 39.4 Å². The first kappa shape index (κ1) is 10.5. The summed E-state index contributed by atoms with van der Waals surface area (Å²) in [5.41, 5.74) is 0.341. The summed E-state index contributed by atoms with van der Waals surface area (Å²) >= 11 is 0. The largest absolute Gasteiger partial charge is 0.477 e. The van der Waals surface area contributed by atoms with Gasteiger partial charge in [-0.25, -0.2) is 9.18 Å². The number of fused-ring (bicyclic) bond motifs is 1. The summed E-state index contributed by atoms with van der Waals surface area (Å²) < 4.78 is 23.3. The van der Waals surface area contributed by atoms with Crippen molar-refractivity contribution in [3.63, 3.8) is 0 Å². The summed E-state index contributed by atoms with van der Waals surface area (Å²) in [5, 5.41) is 12.9. The number of furan rings is 1. The van der Waals surface area contributed by atoms with Crippen molar-refractivity contribution < 1.29 is 23.2 Å². The lowest BCUT2D eigenvalue weighted by Crippen LogP contribution is -1.95. The van der Waals surface area contributed by atoms with Gasteiger partial charge in [-0.05, 0) is 24.3 Å². The Kier molecular flexibility index (Phi) is 2.16. The van der Waals surface area contributed by atoms with Gasteiger partial charge in [0.1, 0.15) is 17.0 Å². The van der Waals surface area contributed by atoms with E-state index in [1.165, 1.54) is 24.3 Å². The van der Waals surface area contributed by atoms with Crippen molar-refractivity contribution in [2.45, 2.75) is 0 Å². The highest BCUT2D eigenvalue weighted by Crippen LogP contribution is 2.30. The number of benzene rings is 1. The van der Waals surface area contributed by atoms with Crippen LogP contribution in [0.25, 0.3) is 22.5 Å². The predicted molar refractivity (Wildman–Crippen MR) is 58.6 cm³/mol. The van der Waals surface area contributed by atoms with Crippen LogP contribution in [0, 0.1) is 5.82 Å². The molecule has 0 fully saturated rings. The number of nitrogens with zero attached hydrogens (tertiary/aromatic N) is 1. The van der Waals surface area contributed by atoms with E-state index in [1.807, 2.05) is 0 Å². The van der Waals surface area contributed by atoms with Crippen LogP contribution in [-0.4, -0.2) is 16.2 Å². The van der Waals surface area contributed by atoms with Crippen LogP contribution in [0.2, 0.25) is 0 Å². The van der Waals surface area contributed by atoms with E-state index < -0.39 is 11.8 Å². The van der Waals surface area contributed by atoms with Crippen LogP contribution in [0.5, 0.6) is 0 Å². The van der Waals surface area contributed by atoms with Crippen molar-refractivity contribution >= 4 is 16.9 Å². The minimum Gasteiger partial charge on any atom is -0.477 e. The number of hydrogen-bond donors (Lipinski definition) is 1. The fraction of sp³-hybridized carbons (Fsp3) is 0. The third kappa shape index (κ3) is 1.55. The average molecular weight is 247 g/mol. The van der Waals surface area contributed by atoms with E-state index in [4.69, 9.17) is 14.0 Å². The average Bonchev–Trinajstić information content (AvgIpc) is 2.93. The van der Waals surface area contributed by atoms with Crippen LogP contribution >= 0.6 is 0 Å². The second-order valence-corrected chi connectivity index (χ2v) is 3.67. The van der Waals surface area contributed by atoms with Crippen molar-refractivity contribution in [2.75, 3.05) is 0 Å². The van der Waals surface area contributed by atoms with Crippen LogP contribution in [0.3, 0.4) is 0 Å². The number of carbonyl (C=O) groups is 1. The Morgan fingerprint density at radius 2 is 2.17 bits per heavy atom. The maximum Gasteiger partial charge on any atom is 0.341 e. The monoisotopic (exact) mass is 247 g/mol. The van der Waals surface area contributed by atoms with Gasteiger partial charge in [-0.15, -0.1) is 0 Å². The molecule has 0 unspecified atom stereocenters. The normalized spacial score (nSPS) is 10.9. The highest BCUT2D eigenvalue weighted by molar-refractivity contribution is 5.94. The molecule has 0 bridgehead atoms. The van der Waals surface area contributed by atoms with Crippen LogP contribution in [0.4, 0.5) is 4.39 Å². The first-order chi connectivity index (χ1) is 8.65. The van der Waals surface area contributed by atoms with E-state index in [9.17, 15) is 9.18 Å². The summed E-state index contributed by atoms with van der Waals surface area (Å²) in [7, 11) is 0. The fourth-order valence-corrected chi connectivity index (χ4v) is 1.70. The van der Waals surface area contributed by atoms with Crippen molar-refractivity contribution in [3.05, 3.63) is 41.8 Å². The number of hydrogen-bond acceptors (Lipinski definition) is 4. The Hall–Kier alpha value is -2.63. The van der Waals surface area contributed by atoms with Crippen molar-refractivity contribution in [3.8, 4) is 11.5 Å². The maximum atomic E-state index is 13.0. The maximum absolute atomic E-state index is 13.0. The molecule has 0 amide bonds. The molecule has 0 aliphatic rings. The quantitative estimate of drug-likeness (QED) is 0.753. The zero-order chi connectivity index (χ0) is 12.7. The van der Waals surface area contributed by atoms with E-state index in [0.29, 0.717) is 11.0 Å². The SMILES string of the molecule is O=C(O)c1cnoc1-c1cc2cc(F)ccc2o1. The fourth-order valence-electron chi connectivity index (χ4n) is 1.70. The Morgan fingerprint density at radius 3 is 2.94 bits per heavy atom. The second-order valence-electron chi connectivity index (χ2n) is 3.67. The number of halogens is 1. The predicted octanol–water partition coefficient (Wildman–Crippen LogP) is 2.93. The molecule has 0 spiro atoms.